The van der Waals surface area contributed by atoms with Crippen LogP contribution in [0.1, 0.15) is 36.7 Å². The molecule has 2 aliphatic rings. The fourth-order valence-electron chi connectivity index (χ4n) is 4.14. The Balaban J connectivity index is 1.28. The maximum atomic E-state index is 13.4. The van der Waals surface area contributed by atoms with Crippen molar-refractivity contribution in [3.63, 3.8) is 0 Å². The van der Waals surface area contributed by atoms with E-state index in [1.165, 1.54) is 22.7 Å². The summed E-state index contributed by atoms with van der Waals surface area (Å²) in [5.74, 6) is 0.766. The average Bonchev–Trinajstić information content (AvgIpc) is 3.14. The number of benzene rings is 1. The van der Waals surface area contributed by atoms with Crippen LogP contribution in [0.15, 0.2) is 39.7 Å². The molecule has 0 bridgehead atoms. The van der Waals surface area contributed by atoms with Crippen LogP contribution < -0.4 is 10.2 Å². The van der Waals surface area contributed by atoms with Gasteiger partial charge in [0.15, 0.2) is 0 Å². The summed E-state index contributed by atoms with van der Waals surface area (Å²) in [4.78, 5) is 14.5. The summed E-state index contributed by atoms with van der Waals surface area (Å²) in [5.41, 5.74) is 1.80. The van der Waals surface area contributed by atoms with Gasteiger partial charge in [-0.1, -0.05) is 6.07 Å². The number of fused-ring (bicyclic) bond motifs is 1. The molecule has 0 aliphatic carbocycles. The molecule has 0 saturated carbocycles. The van der Waals surface area contributed by atoms with Crippen molar-refractivity contribution in [1.29, 1.82) is 0 Å². The van der Waals surface area contributed by atoms with E-state index in [9.17, 15) is 17.6 Å². The molecule has 3 heterocycles. The van der Waals surface area contributed by atoms with Crippen LogP contribution in [0.3, 0.4) is 0 Å². The molecule has 0 amide bonds. The standard InChI is InChI=1S/C22H27FN2O5S/c1-2-31(27,28)25-7-5-16(6-8-25)14-30-22-15-29-20(10-21(22)26)13-24-11-17-3-4-19(23)9-18(17)12-24/h3-4,9-10,15-16H,2,5-8,11-14H2,1H3. The average molecular weight is 451 g/mol. The predicted molar refractivity (Wildman–Crippen MR) is 114 cm³/mol. The van der Waals surface area contributed by atoms with Crippen LogP contribution in [0.5, 0.6) is 5.75 Å². The summed E-state index contributed by atoms with van der Waals surface area (Å²) in [6, 6.07) is 6.24. The Labute approximate surface area is 181 Å². The third-order valence-electron chi connectivity index (χ3n) is 5.99. The molecule has 2 aliphatic heterocycles. The molecule has 4 rings (SSSR count). The molecule has 0 radical (unpaired) electrons. The van der Waals surface area contributed by atoms with Crippen molar-refractivity contribution in [2.24, 2.45) is 5.92 Å². The van der Waals surface area contributed by atoms with E-state index < -0.39 is 10.0 Å². The fourth-order valence-corrected chi connectivity index (χ4v) is 5.27. The molecule has 2 aromatic rings. The molecule has 168 valence electrons. The first-order valence-corrected chi connectivity index (χ1v) is 12.2. The Morgan fingerprint density at radius 3 is 2.61 bits per heavy atom. The summed E-state index contributed by atoms with van der Waals surface area (Å²) in [7, 11) is -3.15. The maximum Gasteiger partial charge on any atom is 0.227 e. The van der Waals surface area contributed by atoms with Gasteiger partial charge in [0.2, 0.25) is 21.2 Å². The van der Waals surface area contributed by atoms with Gasteiger partial charge in [0.1, 0.15) is 17.8 Å². The molecular formula is C22H27FN2O5S. The summed E-state index contributed by atoms with van der Waals surface area (Å²) < 4.78 is 50.1. The van der Waals surface area contributed by atoms with Crippen molar-refractivity contribution >= 4 is 10.0 Å². The minimum Gasteiger partial charge on any atom is -0.486 e. The molecule has 0 N–H and O–H groups in total. The summed E-state index contributed by atoms with van der Waals surface area (Å²) in [6.45, 7) is 4.73. The van der Waals surface area contributed by atoms with E-state index in [2.05, 4.69) is 4.90 Å². The van der Waals surface area contributed by atoms with E-state index in [0.717, 1.165) is 11.1 Å². The number of hydrogen-bond donors (Lipinski definition) is 0. The smallest absolute Gasteiger partial charge is 0.227 e. The second kappa shape index (κ2) is 9.10. The van der Waals surface area contributed by atoms with Crippen LogP contribution in [0.25, 0.3) is 0 Å². The summed E-state index contributed by atoms with van der Waals surface area (Å²) in [5, 5.41) is 0. The van der Waals surface area contributed by atoms with E-state index in [-0.39, 0.29) is 28.7 Å². The molecule has 1 aromatic heterocycles. The van der Waals surface area contributed by atoms with Crippen LogP contribution in [0.4, 0.5) is 4.39 Å². The van der Waals surface area contributed by atoms with E-state index in [0.29, 0.717) is 57.9 Å². The van der Waals surface area contributed by atoms with Gasteiger partial charge in [0.05, 0.1) is 18.9 Å². The van der Waals surface area contributed by atoms with Gasteiger partial charge >= 0.3 is 0 Å². The molecule has 0 spiro atoms. The number of halogens is 1. The van der Waals surface area contributed by atoms with Crippen molar-refractivity contribution in [2.45, 2.75) is 39.4 Å². The van der Waals surface area contributed by atoms with Crippen LogP contribution in [-0.4, -0.2) is 43.1 Å². The Kier molecular flexibility index (Phi) is 6.45. The van der Waals surface area contributed by atoms with Gasteiger partial charge in [-0.2, -0.15) is 0 Å². The van der Waals surface area contributed by atoms with Gasteiger partial charge in [0.25, 0.3) is 0 Å². The van der Waals surface area contributed by atoms with Crippen molar-refractivity contribution in [2.75, 3.05) is 25.4 Å². The second-order valence-electron chi connectivity index (χ2n) is 8.19. The lowest BCUT2D eigenvalue weighted by atomic mass is 9.99. The van der Waals surface area contributed by atoms with E-state index in [4.69, 9.17) is 9.15 Å². The monoisotopic (exact) mass is 450 g/mol. The topological polar surface area (TPSA) is 80.1 Å². The van der Waals surface area contributed by atoms with E-state index in [1.807, 2.05) is 0 Å². The van der Waals surface area contributed by atoms with Crippen molar-refractivity contribution in [3.8, 4) is 5.75 Å². The Bertz CT molecular complexity index is 1090. The first kappa shape index (κ1) is 22.0. The largest absolute Gasteiger partial charge is 0.486 e. The SMILES string of the molecule is CCS(=O)(=O)N1CCC(COc2coc(CN3Cc4ccc(F)cc4C3)cc2=O)CC1. The number of hydrogen-bond acceptors (Lipinski definition) is 6. The van der Waals surface area contributed by atoms with Crippen molar-refractivity contribution in [3.05, 3.63) is 63.5 Å². The highest BCUT2D eigenvalue weighted by atomic mass is 32.2. The van der Waals surface area contributed by atoms with Gasteiger partial charge in [-0.3, -0.25) is 9.69 Å². The lowest BCUT2D eigenvalue weighted by Crippen LogP contribution is -2.40. The summed E-state index contributed by atoms with van der Waals surface area (Å²) >= 11 is 0. The zero-order valence-electron chi connectivity index (χ0n) is 17.5. The summed E-state index contributed by atoms with van der Waals surface area (Å²) in [6.07, 6.45) is 2.76. The molecular weight excluding hydrogens is 423 g/mol. The van der Waals surface area contributed by atoms with Gasteiger partial charge < -0.3 is 9.15 Å². The lowest BCUT2D eigenvalue weighted by Gasteiger charge is -2.30. The minimum absolute atomic E-state index is 0.113. The molecule has 7 nitrogen and oxygen atoms in total. The van der Waals surface area contributed by atoms with Crippen LogP contribution in [0.2, 0.25) is 0 Å². The zero-order chi connectivity index (χ0) is 22.0. The van der Waals surface area contributed by atoms with Crippen molar-refractivity contribution < 1.29 is 22.0 Å². The number of nitrogens with zero attached hydrogens (tertiary/aromatic N) is 2. The number of rotatable bonds is 7. The third-order valence-corrected chi connectivity index (χ3v) is 7.88. The molecule has 1 saturated heterocycles. The molecule has 1 aromatic carbocycles. The molecule has 1 fully saturated rings. The van der Waals surface area contributed by atoms with Gasteiger partial charge in [-0.15, -0.1) is 0 Å². The quantitative estimate of drug-likeness (QED) is 0.645. The number of ether oxygens (including phenoxy) is 1. The Morgan fingerprint density at radius 2 is 1.90 bits per heavy atom. The van der Waals surface area contributed by atoms with E-state index in [1.54, 1.807) is 19.1 Å². The van der Waals surface area contributed by atoms with E-state index >= 15 is 0 Å². The number of piperidine rings is 1. The first-order chi connectivity index (χ1) is 14.8. The fraction of sp³-hybridized carbons (Fsp3) is 0.500. The predicted octanol–water partition coefficient (Wildman–Crippen LogP) is 2.74. The molecule has 0 unspecified atom stereocenters. The zero-order valence-corrected chi connectivity index (χ0v) is 18.4. The van der Waals surface area contributed by atoms with Gasteiger partial charge in [-0.05, 0) is 48.9 Å². The highest BCUT2D eigenvalue weighted by Gasteiger charge is 2.27. The maximum absolute atomic E-state index is 13.4. The molecule has 0 atom stereocenters. The van der Waals surface area contributed by atoms with Crippen LogP contribution in [0, 0.1) is 11.7 Å². The second-order valence-corrected chi connectivity index (χ2v) is 10.4. The molecule has 31 heavy (non-hydrogen) atoms. The van der Waals surface area contributed by atoms with Crippen LogP contribution in [-0.2, 0) is 29.7 Å². The minimum atomic E-state index is -3.15. The highest BCUT2D eigenvalue weighted by molar-refractivity contribution is 7.89. The highest BCUT2D eigenvalue weighted by Crippen LogP contribution is 2.25. The normalized spacial score (nSPS) is 18.3. The Morgan fingerprint density at radius 1 is 1.16 bits per heavy atom. The number of sulfonamides is 1. The Hall–Kier alpha value is -2.23. The molecule has 9 heteroatoms. The third kappa shape index (κ3) is 5.16. The lowest BCUT2D eigenvalue weighted by molar-refractivity contribution is 0.180. The van der Waals surface area contributed by atoms with Gasteiger partial charge in [0, 0.05) is 32.2 Å². The van der Waals surface area contributed by atoms with Gasteiger partial charge in [-0.25, -0.2) is 17.1 Å². The van der Waals surface area contributed by atoms with Crippen LogP contribution >= 0.6 is 0 Å². The first-order valence-electron chi connectivity index (χ1n) is 10.6. The van der Waals surface area contributed by atoms with Crippen molar-refractivity contribution in [1.82, 2.24) is 9.21 Å².